The SMILES string of the molecule is Cc1cccc(OCCCC(=O)N2CCOC[C@H]2C(=O)O)c1. The zero-order valence-corrected chi connectivity index (χ0v) is 12.7. The second kappa shape index (κ2) is 7.79. The molecular formula is C16H21NO5. The van der Waals surface area contributed by atoms with E-state index >= 15 is 0 Å². The Morgan fingerprint density at radius 3 is 3.00 bits per heavy atom. The summed E-state index contributed by atoms with van der Waals surface area (Å²) in [6.07, 6.45) is 0.825. The predicted molar refractivity (Wildman–Crippen MR) is 79.9 cm³/mol. The van der Waals surface area contributed by atoms with Gasteiger partial charge in [0.25, 0.3) is 0 Å². The van der Waals surface area contributed by atoms with Crippen LogP contribution in [0.3, 0.4) is 0 Å². The number of morpholine rings is 1. The molecule has 1 heterocycles. The molecule has 1 N–H and O–H groups in total. The number of carboxylic acids is 1. The van der Waals surface area contributed by atoms with Crippen molar-refractivity contribution >= 4 is 11.9 Å². The van der Waals surface area contributed by atoms with E-state index in [1.54, 1.807) is 0 Å². The van der Waals surface area contributed by atoms with E-state index in [0.29, 0.717) is 26.2 Å². The standard InChI is InChI=1S/C16H21NO5/c1-12-4-2-5-13(10-12)22-8-3-6-15(18)17-7-9-21-11-14(17)16(19)20/h2,4-5,10,14H,3,6-9,11H2,1H3,(H,19,20)/t14-/m0/s1. The molecule has 0 aliphatic carbocycles. The third kappa shape index (κ3) is 4.46. The van der Waals surface area contributed by atoms with Crippen LogP contribution in [0.4, 0.5) is 0 Å². The quantitative estimate of drug-likeness (QED) is 0.805. The van der Waals surface area contributed by atoms with Crippen LogP contribution in [0, 0.1) is 6.92 Å². The predicted octanol–water partition coefficient (Wildman–Crippen LogP) is 1.47. The van der Waals surface area contributed by atoms with Crippen LogP contribution in [0.5, 0.6) is 5.75 Å². The lowest BCUT2D eigenvalue weighted by Crippen LogP contribution is -2.52. The van der Waals surface area contributed by atoms with E-state index in [9.17, 15) is 9.59 Å². The third-order valence-corrected chi connectivity index (χ3v) is 3.53. The largest absolute Gasteiger partial charge is 0.494 e. The van der Waals surface area contributed by atoms with Gasteiger partial charge in [0.15, 0.2) is 6.04 Å². The van der Waals surface area contributed by atoms with Crippen LogP contribution in [0.1, 0.15) is 18.4 Å². The maximum absolute atomic E-state index is 12.1. The molecular weight excluding hydrogens is 286 g/mol. The molecule has 1 aliphatic rings. The highest BCUT2D eigenvalue weighted by molar-refractivity contribution is 5.83. The number of aryl methyl sites for hydroxylation is 1. The van der Waals surface area contributed by atoms with E-state index in [1.165, 1.54) is 4.90 Å². The number of nitrogens with zero attached hydrogens (tertiary/aromatic N) is 1. The Morgan fingerprint density at radius 1 is 1.45 bits per heavy atom. The van der Waals surface area contributed by atoms with Gasteiger partial charge in [-0.2, -0.15) is 0 Å². The molecule has 0 unspecified atom stereocenters. The van der Waals surface area contributed by atoms with Crippen molar-refractivity contribution in [2.24, 2.45) is 0 Å². The summed E-state index contributed by atoms with van der Waals surface area (Å²) in [6, 6.07) is 6.84. The van der Waals surface area contributed by atoms with Gasteiger partial charge in [-0.3, -0.25) is 4.79 Å². The number of carbonyl (C=O) groups is 2. The highest BCUT2D eigenvalue weighted by atomic mass is 16.5. The van der Waals surface area contributed by atoms with Crippen molar-refractivity contribution in [2.75, 3.05) is 26.4 Å². The van der Waals surface area contributed by atoms with Crippen molar-refractivity contribution in [3.05, 3.63) is 29.8 Å². The van der Waals surface area contributed by atoms with Gasteiger partial charge >= 0.3 is 5.97 Å². The van der Waals surface area contributed by atoms with Crippen LogP contribution in [0.2, 0.25) is 0 Å². The van der Waals surface area contributed by atoms with Gasteiger partial charge < -0.3 is 19.5 Å². The summed E-state index contributed by atoms with van der Waals surface area (Å²) in [4.78, 5) is 24.6. The molecule has 0 aromatic heterocycles. The van der Waals surface area contributed by atoms with Gasteiger partial charge in [0.1, 0.15) is 5.75 Å². The first-order valence-electron chi connectivity index (χ1n) is 7.37. The molecule has 1 saturated heterocycles. The molecule has 22 heavy (non-hydrogen) atoms. The molecule has 2 rings (SSSR count). The number of benzene rings is 1. The minimum atomic E-state index is -1.02. The Labute approximate surface area is 129 Å². The summed E-state index contributed by atoms with van der Waals surface area (Å²) in [5, 5.41) is 9.11. The number of hydrogen-bond donors (Lipinski definition) is 1. The fraction of sp³-hybridized carbons (Fsp3) is 0.500. The van der Waals surface area contributed by atoms with Crippen molar-refractivity contribution in [2.45, 2.75) is 25.8 Å². The van der Waals surface area contributed by atoms with Gasteiger partial charge in [-0.05, 0) is 31.0 Å². The van der Waals surface area contributed by atoms with Crippen LogP contribution < -0.4 is 4.74 Å². The normalized spacial score (nSPS) is 18.0. The Kier molecular flexibility index (Phi) is 5.77. The Morgan fingerprint density at radius 2 is 2.27 bits per heavy atom. The molecule has 120 valence electrons. The fourth-order valence-corrected chi connectivity index (χ4v) is 2.37. The lowest BCUT2D eigenvalue weighted by atomic mass is 10.2. The average Bonchev–Trinajstić information content (AvgIpc) is 2.51. The van der Waals surface area contributed by atoms with Gasteiger partial charge in [-0.1, -0.05) is 12.1 Å². The molecule has 1 atom stereocenters. The number of amides is 1. The molecule has 6 heteroatoms. The molecule has 0 saturated carbocycles. The number of hydrogen-bond acceptors (Lipinski definition) is 4. The molecule has 1 fully saturated rings. The smallest absolute Gasteiger partial charge is 0.328 e. The summed E-state index contributed by atoms with van der Waals surface area (Å²) in [5.74, 6) is -0.408. The fourth-order valence-electron chi connectivity index (χ4n) is 2.37. The number of carbonyl (C=O) groups excluding carboxylic acids is 1. The molecule has 1 aromatic rings. The van der Waals surface area contributed by atoms with E-state index in [4.69, 9.17) is 14.6 Å². The van der Waals surface area contributed by atoms with Crippen molar-refractivity contribution in [1.82, 2.24) is 4.90 Å². The maximum atomic E-state index is 12.1. The van der Waals surface area contributed by atoms with E-state index in [-0.39, 0.29) is 18.9 Å². The monoisotopic (exact) mass is 307 g/mol. The highest BCUT2D eigenvalue weighted by Gasteiger charge is 2.32. The molecule has 1 aromatic carbocycles. The number of ether oxygens (including phenoxy) is 2. The lowest BCUT2D eigenvalue weighted by Gasteiger charge is -2.32. The number of aliphatic carboxylic acids is 1. The zero-order chi connectivity index (χ0) is 15.9. The molecule has 0 spiro atoms. The molecule has 6 nitrogen and oxygen atoms in total. The van der Waals surface area contributed by atoms with Crippen LogP contribution in [0.25, 0.3) is 0 Å². The average molecular weight is 307 g/mol. The van der Waals surface area contributed by atoms with Crippen molar-refractivity contribution in [1.29, 1.82) is 0 Å². The third-order valence-electron chi connectivity index (χ3n) is 3.53. The topological polar surface area (TPSA) is 76.1 Å². The molecule has 1 aliphatic heterocycles. The van der Waals surface area contributed by atoms with Crippen LogP contribution >= 0.6 is 0 Å². The number of carboxylic acid groups (broad SMARTS) is 1. The van der Waals surface area contributed by atoms with Crippen molar-refractivity contribution in [3.8, 4) is 5.75 Å². The van der Waals surface area contributed by atoms with Gasteiger partial charge in [0.05, 0.1) is 19.8 Å². The van der Waals surface area contributed by atoms with E-state index in [0.717, 1.165) is 11.3 Å². The Balaban J connectivity index is 1.76. The number of rotatable bonds is 6. The minimum absolute atomic E-state index is 0.0564. The Hall–Kier alpha value is -2.08. The first kappa shape index (κ1) is 16.3. The van der Waals surface area contributed by atoms with E-state index in [1.807, 2.05) is 31.2 Å². The highest BCUT2D eigenvalue weighted by Crippen LogP contribution is 2.14. The molecule has 0 radical (unpaired) electrons. The van der Waals surface area contributed by atoms with Crippen LogP contribution in [-0.2, 0) is 14.3 Å². The Bertz CT molecular complexity index is 531. The van der Waals surface area contributed by atoms with Gasteiger partial charge in [-0.15, -0.1) is 0 Å². The summed E-state index contributed by atoms with van der Waals surface area (Å²) in [5.41, 5.74) is 1.12. The maximum Gasteiger partial charge on any atom is 0.328 e. The first-order chi connectivity index (χ1) is 10.6. The van der Waals surface area contributed by atoms with Crippen molar-refractivity contribution < 1.29 is 24.2 Å². The van der Waals surface area contributed by atoms with Crippen LogP contribution in [-0.4, -0.2) is 54.3 Å². The van der Waals surface area contributed by atoms with E-state index < -0.39 is 12.0 Å². The summed E-state index contributed by atoms with van der Waals surface area (Å²) >= 11 is 0. The molecule has 0 bridgehead atoms. The molecule has 1 amide bonds. The minimum Gasteiger partial charge on any atom is -0.494 e. The van der Waals surface area contributed by atoms with Crippen LogP contribution in [0.15, 0.2) is 24.3 Å². The van der Waals surface area contributed by atoms with Gasteiger partial charge in [-0.25, -0.2) is 4.79 Å². The first-order valence-corrected chi connectivity index (χ1v) is 7.37. The zero-order valence-electron chi connectivity index (χ0n) is 12.7. The van der Waals surface area contributed by atoms with Crippen molar-refractivity contribution in [3.63, 3.8) is 0 Å². The van der Waals surface area contributed by atoms with Gasteiger partial charge in [0.2, 0.25) is 5.91 Å². The summed E-state index contributed by atoms with van der Waals surface area (Å²) < 4.78 is 10.7. The lowest BCUT2D eigenvalue weighted by molar-refractivity contribution is -0.158. The summed E-state index contributed by atoms with van der Waals surface area (Å²) in [7, 11) is 0. The second-order valence-electron chi connectivity index (χ2n) is 5.28. The van der Waals surface area contributed by atoms with E-state index in [2.05, 4.69) is 0 Å². The second-order valence-corrected chi connectivity index (χ2v) is 5.28. The van der Waals surface area contributed by atoms with Gasteiger partial charge in [0, 0.05) is 13.0 Å². The summed E-state index contributed by atoms with van der Waals surface area (Å²) in [6.45, 7) is 3.18.